The van der Waals surface area contributed by atoms with Gasteiger partial charge < -0.3 is 35.8 Å². The largest absolute Gasteiger partial charge is 0.511 e. The maximum atomic E-state index is 13.6. The Balaban J connectivity index is 1.62. The zero-order chi connectivity index (χ0) is 27.9. The highest BCUT2D eigenvalue weighted by Gasteiger charge is 2.59. The summed E-state index contributed by atoms with van der Waals surface area (Å²) in [4.78, 5) is 52.5. The molecule has 0 aliphatic heterocycles. The molecule has 3 atom stereocenters. The second-order valence-corrected chi connectivity index (χ2v) is 10.4. The van der Waals surface area contributed by atoms with Gasteiger partial charge in [0, 0.05) is 30.9 Å². The van der Waals surface area contributed by atoms with Crippen molar-refractivity contribution in [2.75, 3.05) is 27.2 Å². The number of rotatable bonds is 8. The number of nitrogens with zero attached hydrogens (tertiary/aromatic N) is 1. The summed E-state index contributed by atoms with van der Waals surface area (Å²) in [5.74, 6) is -7.08. The van der Waals surface area contributed by atoms with E-state index in [1.807, 2.05) is 19.0 Å². The van der Waals surface area contributed by atoms with Crippen LogP contribution in [0.3, 0.4) is 0 Å². The Bertz CT molecular complexity index is 1280. The molecule has 0 fully saturated rings. The molecule has 11 heteroatoms. The number of amides is 1. The predicted molar refractivity (Wildman–Crippen MR) is 133 cm³/mol. The van der Waals surface area contributed by atoms with Crippen molar-refractivity contribution in [1.29, 1.82) is 0 Å². The molecule has 38 heavy (non-hydrogen) atoms. The van der Waals surface area contributed by atoms with Crippen molar-refractivity contribution >= 4 is 23.4 Å². The lowest BCUT2D eigenvalue weighted by molar-refractivity contribution is -0.145. The number of esters is 1. The number of fused-ring (bicyclic) bond motifs is 3. The Hall–Kier alpha value is -3.70. The van der Waals surface area contributed by atoms with Crippen LogP contribution >= 0.6 is 0 Å². The third kappa shape index (κ3) is 4.56. The molecule has 1 aromatic carbocycles. The number of Topliss-reactive ketones (excluding diaryl/α,β-unsaturated/α-hetero) is 2. The fourth-order valence-electron chi connectivity index (χ4n) is 5.79. The quantitative estimate of drug-likeness (QED) is 0.185. The Kier molecular flexibility index (Phi) is 7.35. The van der Waals surface area contributed by atoms with Crippen LogP contribution in [0.2, 0.25) is 0 Å². The van der Waals surface area contributed by atoms with E-state index in [0.29, 0.717) is 24.2 Å². The molecule has 0 radical (unpaired) electrons. The number of hydrogen-bond donors (Lipinski definition) is 5. The summed E-state index contributed by atoms with van der Waals surface area (Å²) in [5, 5.41) is 43.2. The fourth-order valence-corrected chi connectivity index (χ4v) is 5.79. The molecule has 0 saturated carbocycles. The van der Waals surface area contributed by atoms with E-state index in [2.05, 4.69) is 0 Å². The van der Waals surface area contributed by atoms with Gasteiger partial charge in [-0.05, 0) is 62.9 Å². The van der Waals surface area contributed by atoms with Crippen LogP contribution in [-0.2, 0) is 32.0 Å². The minimum Gasteiger partial charge on any atom is -0.511 e. The number of nitrogens with two attached hydrogens (primary N) is 1. The number of carbonyl (C=O) groups is 4. The zero-order valence-corrected chi connectivity index (χ0v) is 21.3. The number of ether oxygens (including phenoxy) is 1. The van der Waals surface area contributed by atoms with Gasteiger partial charge in [0.2, 0.25) is 5.78 Å². The van der Waals surface area contributed by atoms with E-state index in [4.69, 9.17) is 10.5 Å². The predicted octanol–water partition coefficient (Wildman–Crippen LogP) is 1.01. The number of ketones is 2. The van der Waals surface area contributed by atoms with Crippen molar-refractivity contribution in [2.24, 2.45) is 17.6 Å². The van der Waals surface area contributed by atoms with E-state index >= 15 is 0 Å². The lowest BCUT2D eigenvalue weighted by Crippen LogP contribution is -2.57. The van der Waals surface area contributed by atoms with Crippen LogP contribution in [0.15, 0.2) is 34.8 Å². The molecule has 4 rings (SSSR count). The number of hydrogen-bond acceptors (Lipinski definition) is 10. The number of aromatic hydroxyl groups is 1. The SMILES string of the molecule is CN(C)CCCOC(=O)CCc1ccc(O)c2c1C[C@H]1C[C@H]3CC(O)=C(C(N)=O)C(=O)[C@@]3(O)C(O)=C1C2=O. The molecule has 3 aliphatic rings. The summed E-state index contributed by atoms with van der Waals surface area (Å²) in [6.45, 7) is 1.07. The molecular formula is C27H32N2O9. The Morgan fingerprint density at radius 1 is 1.16 bits per heavy atom. The highest BCUT2D eigenvalue weighted by atomic mass is 16.5. The average molecular weight is 529 g/mol. The third-order valence-electron chi connectivity index (χ3n) is 7.65. The lowest BCUT2D eigenvalue weighted by atomic mass is 9.60. The molecule has 0 saturated heterocycles. The molecule has 0 aromatic heterocycles. The standard InChI is InChI=1S/C27H32N2O9/c1-29(2)8-3-9-38-19(32)7-5-13-4-6-17(30)21-16(13)11-14-10-15-12-18(31)22(26(28)36)25(35)27(15,37)24(34)20(14)23(21)33/h4,6,14-15,30-31,34,37H,3,5,7-12H2,1-2H3,(H2,28,36)/t14-,15+,27+/m1/s1. The van der Waals surface area contributed by atoms with Crippen LogP contribution in [0.1, 0.15) is 47.2 Å². The Labute approximate surface area is 219 Å². The van der Waals surface area contributed by atoms with Gasteiger partial charge in [-0.1, -0.05) is 6.07 Å². The van der Waals surface area contributed by atoms with E-state index in [1.54, 1.807) is 6.07 Å². The zero-order valence-electron chi connectivity index (χ0n) is 21.3. The average Bonchev–Trinajstić information content (AvgIpc) is 2.83. The van der Waals surface area contributed by atoms with Crippen molar-refractivity contribution in [3.63, 3.8) is 0 Å². The molecule has 1 amide bonds. The molecule has 6 N–H and O–H groups in total. The van der Waals surface area contributed by atoms with Crippen LogP contribution in [-0.4, -0.2) is 81.6 Å². The summed E-state index contributed by atoms with van der Waals surface area (Å²) in [7, 11) is 3.85. The van der Waals surface area contributed by atoms with Crippen LogP contribution in [0.25, 0.3) is 0 Å². The lowest BCUT2D eigenvalue weighted by Gasteiger charge is -2.45. The first kappa shape index (κ1) is 27.3. The number of aliphatic hydroxyl groups excluding tert-OH is 2. The van der Waals surface area contributed by atoms with Crippen molar-refractivity contribution in [2.45, 2.75) is 44.1 Å². The van der Waals surface area contributed by atoms with E-state index in [1.165, 1.54) is 6.07 Å². The molecule has 0 unspecified atom stereocenters. The number of aryl methyl sites for hydroxylation is 1. The van der Waals surface area contributed by atoms with E-state index in [0.717, 1.165) is 6.54 Å². The number of aliphatic hydroxyl groups is 3. The van der Waals surface area contributed by atoms with Crippen molar-refractivity contribution in [3.8, 4) is 5.75 Å². The summed E-state index contributed by atoms with van der Waals surface area (Å²) in [6, 6.07) is 2.96. The van der Waals surface area contributed by atoms with Crippen molar-refractivity contribution < 1.29 is 44.3 Å². The first-order chi connectivity index (χ1) is 17.9. The summed E-state index contributed by atoms with van der Waals surface area (Å²) in [6.07, 6.45) is 0.975. The summed E-state index contributed by atoms with van der Waals surface area (Å²) < 4.78 is 5.28. The Morgan fingerprint density at radius 3 is 2.53 bits per heavy atom. The topological polar surface area (TPSA) is 188 Å². The van der Waals surface area contributed by atoms with Gasteiger partial charge in [0.15, 0.2) is 11.4 Å². The Morgan fingerprint density at radius 2 is 1.87 bits per heavy atom. The maximum absolute atomic E-state index is 13.6. The molecular weight excluding hydrogens is 496 g/mol. The van der Waals surface area contributed by atoms with E-state index in [9.17, 15) is 39.6 Å². The molecule has 0 spiro atoms. The van der Waals surface area contributed by atoms with Crippen LogP contribution in [0.5, 0.6) is 5.75 Å². The highest BCUT2D eigenvalue weighted by Crippen LogP contribution is 2.51. The molecule has 1 aromatic rings. The molecule has 0 bridgehead atoms. The normalized spacial score (nSPS) is 24.7. The smallest absolute Gasteiger partial charge is 0.306 e. The number of primary amides is 1. The third-order valence-corrected chi connectivity index (χ3v) is 7.65. The second-order valence-electron chi connectivity index (χ2n) is 10.4. The van der Waals surface area contributed by atoms with E-state index < -0.39 is 52.0 Å². The van der Waals surface area contributed by atoms with Crippen LogP contribution in [0, 0.1) is 11.8 Å². The van der Waals surface area contributed by atoms with Crippen LogP contribution in [0.4, 0.5) is 0 Å². The van der Waals surface area contributed by atoms with Gasteiger partial charge >= 0.3 is 5.97 Å². The monoisotopic (exact) mass is 528 g/mol. The van der Waals surface area contributed by atoms with Gasteiger partial charge in [-0.2, -0.15) is 0 Å². The molecule has 204 valence electrons. The van der Waals surface area contributed by atoms with Crippen LogP contribution < -0.4 is 5.73 Å². The van der Waals surface area contributed by atoms with E-state index in [-0.39, 0.29) is 55.0 Å². The van der Waals surface area contributed by atoms with Crippen molar-refractivity contribution in [1.82, 2.24) is 4.90 Å². The fraction of sp³-hybridized carbons (Fsp3) is 0.481. The second kappa shape index (κ2) is 10.2. The number of allylic oxidation sites excluding steroid dienone is 2. The molecule has 0 heterocycles. The number of carbonyl (C=O) groups excluding carboxylic acids is 4. The van der Waals surface area contributed by atoms with Gasteiger partial charge in [-0.3, -0.25) is 19.2 Å². The highest BCUT2D eigenvalue weighted by molar-refractivity contribution is 6.24. The number of phenolic OH excluding ortho intramolecular Hbond substituents is 1. The molecule has 11 nitrogen and oxygen atoms in total. The van der Waals surface area contributed by atoms with Gasteiger partial charge in [-0.25, -0.2) is 0 Å². The van der Waals surface area contributed by atoms with Gasteiger partial charge in [0.05, 0.1) is 12.2 Å². The minimum absolute atomic E-state index is 0.0475. The summed E-state index contributed by atoms with van der Waals surface area (Å²) >= 11 is 0. The van der Waals surface area contributed by atoms with Gasteiger partial charge in [0.1, 0.15) is 22.8 Å². The summed E-state index contributed by atoms with van der Waals surface area (Å²) in [5.41, 5.74) is 2.69. The number of benzene rings is 1. The minimum atomic E-state index is -2.60. The molecule has 3 aliphatic carbocycles. The maximum Gasteiger partial charge on any atom is 0.306 e. The van der Waals surface area contributed by atoms with Gasteiger partial charge in [0.25, 0.3) is 5.91 Å². The first-order valence-electron chi connectivity index (χ1n) is 12.5. The van der Waals surface area contributed by atoms with Gasteiger partial charge in [-0.15, -0.1) is 0 Å². The first-order valence-corrected chi connectivity index (χ1v) is 12.5. The number of phenols is 1. The van der Waals surface area contributed by atoms with Crippen molar-refractivity contribution in [3.05, 3.63) is 51.5 Å².